The Morgan fingerprint density at radius 3 is 2.37 bits per heavy atom. The molecule has 19 heavy (non-hydrogen) atoms. The lowest BCUT2D eigenvalue weighted by Crippen LogP contribution is -1.93. The summed E-state index contributed by atoms with van der Waals surface area (Å²) in [5, 5.41) is 0. The standard InChI is InChI=1S/C17H16O2/c1-2-19-16-11-8-14(9-12-16)10-13-17(18)15-6-4-3-5-7-15/h3-13H,2H2,1H3/b13-10-. The SMILES string of the molecule is CCOc1ccc(/C=C\C(=O)c2ccccc2)cc1. The highest BCUT2D eigenvalue weighted by Crippen LogP contribution is 2.13. The third-order valence-electron chi connectivity index (χ3n) is 2.68. The molecule has 2 rings (SSSR count). The highest BCUT2D eigenvalue weighted by atomic mass is 16.5. The molecule has 0 aliphatic rings. The van der Waals surface area contributed by atoms with E-state index in [1.165, 1.54) is 0 Å². The van der Waals surface area contributed by atoms with Gasteiger partial charge in [-0.05, 0) is 30.7 Å². The van der Waals surface area contributed by atoms with Gasteiger partial charge in [0.05, 0.1) is 6.61 Å². The number of ketones is 1. The summed E-state index contributed by atoms with van der Waals surface area (Å²) >= 11 is 0. The molecule has 96 valence electrons. The van der Waals surface area contributed by atoms with Crippen LogP contribution in [0.5, 0.6) is 5.75 Å². The molecule has 0 atom stereocenters. The normalized spacial score (nSPS) is 10.6. The second kappa shape index (κ2) is 6.55. The van der Waals surface area contributed by atoms with Crippen molar-refractivity contribution in [3.05, 3.63) is 71.8 Å². The zero-order valence-corrected chi connectivity index (χ0v) is 10.9. The Morgan fingerprint density at radius 1 is 1.05 bits per heavy atom. The molecule has 0 saturated carbocycles. The van der Waals surface area contributed by atoms with Crippen molar-refractivity contribution in [1.82, 2.24) is 0 Å². The van der Waals surface area contributed by atoms with Crippen molar-refractivity contribution >= 4 is 11.9 Å². The number of benzene rings is 2. The summed E-state index contributed by atoms with van der Waals surface area (Å²) < 4.78 is 5.36. The first-order valence-corrected chi connectivity index (χ1v) is 6.30. The number of carbonyl (C=O) groups excluding carboxylic acids is 1. The van der Waals surface area contributed by atoms with E-state index in [0.29, 0.717) is 12.2 Å². The van der Waals surface area contributed by atoms with Crippen LogP contribution in [0, 0.1) is 0 Å². The number of carbonyl (C=O) groups is 1. The molecule has 2 aromatic rings. The monoisotopic (exact) mass is 252 g/mol. The Labute approximate surface area is 113 Å². The van der Waals surface area contributed by atoms with E-state index in [2.05, 4.69) is 0 Å². The van der Waals surface area contributed by atoms with Crippen LogP contribution >= 0.6 is 0 Å². The van der Waals surface area contributed by atoms with E-state index in [4.69, 9.17) is 4.74 Å². The molecule has 2 nitrogen and oxygen atoms in total. The van der Waals surface area contributed by atoms with Gasteiger partial charge in [-0.3, -0.25) is 4.79 Å². The molecule has 2 heteroatoms. The fraction of sp³-hybridized carbons (Fsp3) is 0.118. The first-order chi connectivity index (χ1) is 9.29. The first-order valence-electron chi connectivity index (χ1n) is 6.30. The average Bonchev–Trinajstić information content (AvgIpc) is 2.47. The zero-order chi connectivity index (χ0) is 13.5. The quantitative estimate of drug-likeness (QED) is 0.594. The van der Waals surface area contributed by atoms with Crippen molar-refractivity contribution in [2.75, 3.05) is 6.61 Å². The van der Waals surface area contributed by atoms with Gasteiger partial charge in [-0.15, -0.1) is 0 Å². The minimum absolute atomic E-state index is 0.00878. The van der Waals surface area contributed by atoms with Crippen molar-refractivity contribution in [2.24, 2.45) is 0 Å². The van der Waals surface area contributed by atoms with E-state index in [1.807, 2.05) is 67.6 Å². The molecule has 2 aromatic carbocycles. The average molecular weight is 252 g/mol. The van der Waals surface area contributed by atoms with Crippen molar-refractivity contribution in [2.45, 2.75) is 6.92 Å². The lowest BCUT2D eigenvalue weighted by Gasteiger charge is -2.02. The molecular formula is C17H16O2. The van der Waals surface area contributed by atoms with Crippen LogP contribution in [-0.4, -0.2) is 12.4 Å². The predicted molar refractivity (Wildman–Crippen MR) is 77.4 cm³/mol. The molecule has 0 saturated heterocycles. The third kappa shape index (κ3) is 3.81. The van der Waals surface area contributed by atoms with Gasteiger partial charge in [-0.2, -0.15) is 0 Å². The largest absolute Gasteiger partial charge is 0.494 e. The zero-order valence-electron chi connectivity index (χ0n) is 10.9. The van der Waals surface area contributed by atoms with E-state index in [9.17, 15) is 4.79 Å². The van der Waals surface area contributed by atoms with Gasteiger partial charge in [0, 0.05) is 5.56 Å². The number of hydrogen-bond donors (Lipinski definition) is 0. The Kier molecular flexibility index (Phi) is 4.51. The Bertz CT molecular complexity index is 554. The van der Waals surface area contributed by atoms with Crippen molar-refractivity contribution in [3.8, 4) is 5.75 Å². The van der Waals surface area contributed by atoms with Gasteiger partial charge >= 0.3 is 0 Å². The summed E-state index contributed by atoms with van der Waals surface area (Å²) in [6.45, 7) is 2.61. The molecule has 0 fully saturated rings. The molecule has 0 heterocycles. The second-order valence-corrected chi connectivity index (χ2v) is 4.07. The number of allylic oxidation sites excluding steroid dienone is 1. The van der Waals surface area contributed by atoms with Crippen molar-refractivity contribution < 1.29 is 9.53 Å². The van der Waals surface area contributed by atoms with Crippen molar-refractivity contribution in [3.63, 3.8) is 0 Å². The molecule has 0 radical (unpaired) electrons. The fourth-order valence-corrected chi connectivity index (χ4v) is 1.71. The van der Waals surface area contributed by atoms with Gasteiger partial charge in [0.1, 0.15) is 5.75 Å². The van der Waals surface area contributed by atoms with Crippen LogP contribution in [0.4, 0.5) is 0 Å². The molecular weight excluding hydrogens is 236 g/mol. The van der Waals surface area contributed by atoms with E-state index in [0.717, 1.165) is 11.3 Å². The molecule has 0 amide bonds. The molecule has 0 aromatic heterocycles. The molecule has 0 aliphatic heterocycles. The van der Waals surface area contributed by atoms with Gasteiger partial charge in [0.2, 0.25) is 0 Å². The summed E-state index contributed by atoms with van der Waals surface area (Å²) in [6, 6.07) is 16.9. The van der Waals surface area contributed by atoms with Gasteiger partial charge in [0.15, 0.2) is 5.78 Å². The summed E-state index contributed by atoms with van der Waals surface area (Å²) in [7, 11) is 0. The molecule has 0 aliphatic carbocycles. The smallest absolute Gasteiger partial charge is 0.185 e. The van der Waals surface area contributed by atoms with E-state index >= 15 is 0 Å². The van der Waals surface area contributed by atoms with Crippen LogP contribution in [-0.2, 0) is 0 Å². The Hall–Kier alpha value is -2.35. The number of ether oxygens (including phenoxy) is 1. The molecule has 0 unspecified atom stereocenters. The molecule has 0 N–H and O–H groups in total. The fourth-order valence-electron chi connectivity index (χ4n) is 1.71. The maximum Gasteiger partial charge on any atom is 0.185 e. The maximum atomic E-state index is 11.9. The van der Waals surface area contributed by atoms with Crippen LogP contribution in [0.25, 0.3) is 6.08 Å². The van der Waals surface area contributed by atoms with Gasteiger partial charge in [-0.1, -0.05) is 48.5 Å². The van der Waals surface area contributed by atoms with Crippen LogP contribution in [0.1, 0.15) is 22.8 Å². The van der Waals surface area contributed by atoms with Crippen LogP contribution < -0.4 is 4.74 Å². The van der Waals surface area contributed by atoms with Crippen LogP contribution in [0.2, 0.25) is 0 Å². The maximum absolute atomic E-state index is 11.9. The second-order valence-electron chi connectivity index (χ2n) is 4.07. The predicted octanol–water partition coefficient (Wildman–Crippen LogP) is 3.98. The topological polar surface area (TPSA) is 26.3 Å². The number of rotatable bonds is 5. The Morgan fingerprint density at radius 2 is 1.74 bits per heavy atom. The van der Waals surface area contributed by atoms with Gasteiger partial charge in [-0.25, -0.2) is 0 Å². The van der Waals surface area contributed by atoms with Crippen LogP contribution in [0.3, 0.4) is 0 Å². The Balaban J connectivity index is 2.04. The van der Waals surface area contributed by atoms with E-state index in [1.54, 1.807) is 6.08 Å². The van der Waals surface area contributed by atoms with E-state index in [-0.39, 0.29) is 5.78 Å². The molecule has 0 spiro atoms. The lowest BCUT2D eigenvalue weighted by molar-refractivity contribution is 0.104. The lowest BCUT2D eigenvalue weighted by atomic mass is 10.1. The highest BCUT2D eigenvalue weighted by Gasteiger charge is 1.99. The van der Waals surface area contributed by atoms with Gasteiger partial charge in [0.25, 0.3) is 0 Å². The first kappa shape index (κ1) is 13.1. The minimum Gasteiger partial charge on any atom is -0.494 e. The number of hydrogen-bond acceptors (Lipinski definition) is 2. The van der Waals surface area contributed by atoms with Gasteiger partial charge < -0.3 is 4.74 Å². The summed E-state index contributed by atoms with van der Waals surface area (Å²) in [4.78, 5) is 11.9. The molecule has 0 bridgehead atoms. The van der Waals surface area contributed by atoms with E-state index < -0.39 is 0 Å². The summed E-state index contributed by atoms with van der Waals surface area (Å²) in [5.74, 6) is 0.850. The van der Waals surface area contributed by atoms with Crippen LogP contribution in [0.15, 0.2) is 60.7 Å². The summed E-state index contributed by atoms with van der Waals surface area (Å²) in [6.07, 6.45) is 3.40. The highest BCUT2D eigenvalue weighted by molar-refractivity contribution is 6.06. The minimum atomic E-state index is 0.00878. The van der Waals surface area contributed by atoms with Crippen molar-refractivity contribution in [1.29, 1.82) is 0 Å². The summed E-state index contributed by atoms with van der Waals surface area (Å²) in [5.41, 5.74) is 1.68. The third-order valence-corrected chi connectivity index (χ3v) is 2.68.